The summed E-state index contributed by atoms with van der Waals surface area (Å²) in [7, 11) is 1.82. The van der Waals surface area contributed by atoms with Gasteiger partial charge in [0.05, 0.1) is 12.4 Å². The van der Waals surface area contributed by atoms with Crippen LogP contribution in [0.25, 0.3) is 0 Å². The first-order chi connectivity index (χ1) is 6.74. The van der Waals surface area contributed by atoms with Crippen LogP contribution in [-0.4, -0.2) is 20.0 Å². The van der Waals surface area contributed by atoms with Gasteiger partial charge >= 0.3 is 0 Å². The predicted octanol–water partition coefficient (Wildman–Crippen LogP) is 0.691. The summed E-state index contributed by atoms with van der Waals surface area (Å²) < 4.78 is 12.1. The van der Waals surface area contributed by atoms with Crippen molar-refractivity contribution in [2.75, 3.05) is 0 Å². The van der Waals surface area contributed by atoms with Gasteiger partial charge in [0.1, 0.15) is 0 Å². The molecule has 6 nitrogen and oxygen atoms in total. The van der Waals surface area contributed by atoms with Crippen molar-refractivity contribution in [3.63, 3.8) is 0 Å². The summed E-state index contributed by atoms with van der Waals surface area (Å²) in [5, 5.41) is 11.4. The zero-order valence-electron chi connectivity index (χ0n) is 7.97. The van der Waals surface area contributed by atoms with Crippen molar-refractivity contribution in [3.8, 4) is 5.75 Å². The number of hydrogen-bond acceptors (Lipinski definition) is 5. The molecular weight excluding hydrogens is 184 g/mol. The molecule has 2 aromatic heterocycles. The minimum atomic E-state index is 0.270. The summed E-state index contributed by atoms with van der Waals surface area (Å²) in [5.41, 5.74) is 0. The van der Waals surface area contributed by atoms with Gasteiger partial charge < -0.3 is 9.15 Å². The average molecular weight is 194 g/mol. The topological polar surface area (TPSA) is 66.0 Å². The molecule has 0 aliphatic rings. The molecule has 0 aliphatic carbocycles. The van der Waals surface area contributed by atoms with Gasteiger partial charge in [0.25, 0.3) is 5.89 Å². The van der Waals surface area contributed by atoms with E-state index in [9.17, 15) is 0 Å². The molecule has 2 aromatic rings. The third-order valence-electron chi connectivity index (χ3n) is 1.61. The zero-order valence-corrected chi connectivity index (χ0v) is 7.97. The Morgan fingerprint density at radius 1 is 1.50 bits per heavy atom. The van der Waals surface area contributed by atoms with Gasteiger partial charge in [-0.2, -0.15) is 5.10 Å². The van der Waals surface area contributed by atoms with Gasteiger partial charge in [-0.05, 0) is 0 Å². The van der Waals surface area contributed by atoms with Crippen LogP contribution in [0.3, 0.4) is 0 Å². The van der Waals surface area contributed by atoms with Gasteiger partial charge in [-0.1, -0.05) is 0 Å². The Bertz CT molecular complexity index is 380. The van der Waals surface area contributed by atoms with Crippen molar-refractivity contribution in [2.45, 2.75) is 13.5 Å². The van der Waals surface area contributed by atoms with Crippen molar-refractivity contribution in [1.29, 1.82) is 0 Å². The quantitative estimate of drug-likeness (QED) is 0.719. The molecule has 0 aromatic carbocycles. The van der Waals surface area contributed by atoms with E-state index in [0.717, 1.165) is 0 Å². The second-order valence-corrected chi connectivity index (χ2v) is 2.85. The maximum absolute atomic E-state index is 5.35. The molecule has 0 unspecified atom stereocenters. The predicted molar refractivity (Wildman–Crippen MR) is 46.6 cm³/mol. The van der Waals surface area contributed by atoms with Crippen LogP contribution in [0.1, 0.15) is 11.8 Å². The van der Waals surface area contributed by atoms with Crippen molar-refractivity contribution in [2.24, 2.45) is 7.05 Å². The lowest BCUT2D eigenvalue weighted by Crippen LogP contribution is -1.94. The summed E-state index contributed by atoms with van der Waals surface area (Å²) in [5.74, 6) is 1.68. The number of ether oxygens (including phenoxy) is 1. The molecule has 0 aliphatic heterocycles. The highest BCUT2D eigenvalue weighted by Crippen LogP contribution is 2.09. The Morgan fingerprint density at radius 2 is 2.36 bits per heavy atom. The van der Waals surface area contributed by atoms with Crippen molar-refractivity contribution in [1.82, 2.24) is 20.0 Å². The summed E-state index contributed by atoms with van der Waals surface area (Å²) in [6, 6.07) is 0. The van der Waals surface area contributed by atoms with Crippen molar-refractivity contribution < 1.29 is 9.15 Å². The van der Waals surface area contributed by atoms with E-state index in [-0.39, 0.29) is 6.61 Å². The van der Waals surface area contributed by atoms with Crippen LogP contribution in [0.2, 0.25) is 0 Å². The van der Waals surface area contributed by atoms with Crippen LogP contribution < -0.4 is 4.74 Å². The normalized spacial score (nSPS) is 10.4. The molecule has 0 N–H and O–H groups in total. The highest BCUT2D eigenvalue weighted by molar-refractivity contribution is 5.11. The minimum Gasteiger partial charge on any atom is -0.481 e. The van der Waals surface area contributed by atoms with Gasteiger partial charge in [-0.15, -0.1) is 10.2 Å². The van der Waals surface area contributed by atoms with E-state index in [1.165, 1.54) is 0 Å². The van der Waals surface area contributed by atoms with Gasteiger partial charge in [0.2, 0.25) is 5.89 Å². The number of hydrogen-bond donors (Lipinski definition) is 0. The van der Waals surface area contributed by atoms with E-state index < -0.39 is 0 Å². The molecule has 2 rings (SSSR count). The van der Waals surface area contributed by atoms with Gasteiger partial charge in [-0.25, -0.2) is 0 Å². The first kappa shape index (κ1) is 8.74. The van der Waals surface area contributed by atoms with E-state index in [4.69, 9.17) is 9.15 Å². The Kier molecular flexibility index (Phi) is 2.18. The Morgan fingerprint density at radius 3 is 2.93 bits per heavy atom. The number of aryl methyl sites for hydroxylation is 2. The summed E-state index contributed by atoms with van der Waals surface area (Å²) in [6.07, 6.45) is 3.40. The summed E-state index contributed by atoms with van der Waals surface area (Å²) in [4.78, 5) is 0. The molecule has 74 valence electrons. The summed E-state index contributed by atoms with van der Waals surface area (Å²) in [6.45, 7) is 2.01. The van der Waals surface area contributed by atoms with Gasteiger partial charge in [0.15, 0.2) is 12.4 Å². The molecule has 0 saturated carbocycles. The first-order valence-corrected chi connectivity index (χ1v) is 4.14. The fourth-order valence-corrected chi connectivity index (χ4v) is 1.01. The zero-order chi connectivity index (χ0) is 9.97. The van der Waals surface area contributed by atoms with E-state index in [1.807, 2.05) is 7.05 Å². The third-order valence-corrected chi connectivity index (χ3v) is 1.61. The van der Waals surface area contributed by atoms with Crippen LogP contribution in [0.5, 0.6) is 5.75 Å². The molecule has 0 atom stereocenters. The lowest BCUT2D eigenvalue weighted by molar-refractivity contribution is 0.260. The smallest absolute Gasteiger partial charge is 0.253 e. The van der Waals surface area contributed by atoms with Crippen LogP contribution in [-0.2, 0) is 13.7 Å². The maximum Gasteiger partial charge on any atom is 0.253 e. The van der Waals surface area contributed by atoms with E-state index in [2.05, 4.69) is 15.3 Å². The molecule has 0 fully saturated rings. The molecule has 6 heteroatoms. The van der Waals surface area contributed by atoms with Gasteiger partial charge in [0, 0.05) is 14.0 Å². The monoisotopic (exact) mass is 194 g/mol. The molecule has 0 bridgehead atoms. The second-order valence-electron chi connectivity index (χ2n) is 2.85. The molecular formula is C8H10N4O2. The van der Waals surface area contributed by atoms with E-state index in [0.29, 0.717) is 17.5 Å². The van der Waals surface area contributed by atoms with Crippen LogP contribution in [0.15, 0.2) is 16.8 Å². The summed E-state index contributed by atoms with van der Waals surface area (Å²) >= 11 is 0. The minimum absolute atomic E-state index is 0.270. The molecule has 14 heavy (non-hydrogen) atoms. The van der Waals surface area contributed by atoms with Crippen molar-refractivity contribution in [3.05, 3.63) is 24.2 Å². The SMILES string of the molecule is Cc1nnc(COc2cnn(C)c2)o1. The number of aromatic nitrogens is 4. The molecule has 0 spiro atoms. The van der Waals surface area contributed by atoms with E-state index >= 15 is 0 Å². The number of nitrogens with zero attached hydrogens (tertiary/aromatic N) is 4. The largest absolute Gasteiger partial charge is 0.481 e. The molecule has 2 heterocycles. The lowest BCUT2D eigenvalue weighted by atomic mass is 10.6. The van der Waals surface area contributed by atoms with Crippen LogP contribution in [0.4, 0.5) is 0 Å². The lowest BCUT2D eigenvalue weighted by Gasteiger charge is -1.96. The van der Waals surface area contributed by atoms with Gasteiger partial charge in [-0.3, -0.25) is 4.68 Å². The highest BCUT2D eigenvalue weighted by Gasteiger charge is 2.03. The Labute approximate surface area is 80.5 Å². The number of rotatable bonds is 3. The van der Waals surface area contributed by atoms with E-state index in [1.54, 1.807) is 24.0 Å². The average Bonchev–Trinajstić information content (AvgIpc) is 2.72. The molecule has 0 saturated heterocycles. The first-order valence-electron chi connectivity index (χ1n) is 4.14. The van der Waals surface area contributed by atoms with Crippen LogP contribution >= 0.6 is 0 Å². The highest BCUT2D eigenvalue weighted by atomic mass is 16.5. The second kappa shape index (κ2) is 3.49. The standard InChI is InChI=1S/C8H10N4O2/c1-6-10-11-8(14-6)5-13-7-3-9-12(2)4-7/h3-4H,5H2,1-2H3. The fourth-order valence-electron chi connectivity index (χ4n) is 1.01. The third kappa shape index (κ3) is 1.90. The molecule has 0 amide bonds. The Hall–Kier alpha value is -1.85. The fraction of sp³-hybridized carbons (Fsp3) is 0.375. The van der Waals surface area contributed by atoms with Crippen LogP contribution in [0, 0.1) is 6.92 Å². The van der Waals surface area contributed by atoms with Crippen molar-refractivity contribution >= 4 is 0 Å². The Balaban J connectivity index is 1.94. The maximum atomic E-state index is 5.35. The molecule has 0 radical (unpaired) electrons.